The number of amides is 1. The summed E-state index contributed by atoms with van der Waals surface area (Å²) < 4.78 is 46.1. The van der Waals surface area contributed by atoms with Gasteiger partial charge < -0.3 is 14.5 Å². The second kappa shape index (κ2) is 9.01. The van der Waals surface area contributed by atoms with Gasteiger partial charge in [-0.15, -0.1) is 0 Å². The van der Waals surface area contributed by atoms with Gasteiger partial charge in [-0.25, -0.2) is 17.5 Å². The maximum atomic E-state index is 13.1. The number of carbonyl (C=O) groups excluding carboxylic acids is 1. The van der Waals surface area contributed by atoms with Crippen molar-refractivity contribution in [3.8, 4) is 5.75 Å². The molecule has 0 unspecified atom stereocenters. The van der Waals surface area contributed by atoms with Gasteiger partial charge in [0.25, 0.3) is 5.91 Å². The van der Waals surface area contributed by atoms with Crippen LogP contribution in [0.3, 0.4) is 0 Å². The first kappa shape index (κ1) is 22.0. The Labute approximate surface area is 176 Å². The number of nitrogens with one attached hydrogen (secondary N) is 1. The Balaban J connectivity index is 1.76. The molecule has 0 atom stereocenters. The number of methoxy groups -OCH3 is 1. The lowest BCUT2D eigenvalue weighted by Crippen LogP contribution is -2.48. The zero-order chi connectivity index (χ0) is 21.9. The highest BCUT2D eigenvalue weighted by Gasteiger charge is 2.26. The molecule has 0 bridgehead atoms. The summed E-state index contributed by atoms with van der Waals surface area (Å²) in [6, 6.07) is 10.4. The number of rotatable bonds is 6. The molecule has 30 heavy (non-hydrogen) atoms. The van der Waals surface area contributed by atoms with Crippen molar-refractivity contribution in [1.29, 1.82) is 0 Å². The largest absolute Gasteiger partial charge is 0.495 e. The molecule has 0 saturated carbocycles. The van der Waals surface area contributed by atoms with Crippen LogP contribution in [-0.2, 0) is 10.0 Å². The van der Waals surface area contributed by atoms with Crippen LogP contribution >= 0.6 is 0 Å². The molecule has 1 aliphatic rings. The molecule has 0 aromatic heterocycles. The number of ether oxygens (including phenoxy) is 1. The summed E-state index contributed by atoms with van der Waals surface area (Å²) in [7, 11) is -2.43. The van der Waals surface area contributed by atoms with E-state index < -0.39 is 10.0 Å². The summed E-state index contributed by atoms with van der Waals surface area (Å²) in [6.07, 6.45) is 0. The van der Waals surface area contributed by atoms with E-state index in [9.17, 15) is 17.6 Å². The number of halogens is 1. The van der Waals surface area contributed by atoms with E-state index >= 15 is 0 Å². The van der Waals surface area contributed by atoms with Crippen LogP contribution in [0.5, 0.6) is 5.75 Å². The molecule has 2 aromatic carbocycles. The van der Waals surface area contributed by atoms with Crippen LogP contribution in [0.25, 0.3) is 0 Å². The Kier molecular flexibility index (Phi) is 6.62. The monoisotopic (exact) mass is 435 g/mol. The topological polar surface area (TPSA) is 79.0 Å². The zero-order valence-electron chi connectivity index (χ0n) is 17.3. The lowest BCUT2D eigenvalue weighted by molar-refractivity contribution is 0.0746. The second-order valence-electron chi connectivity index (χ2n) is 7.40. The van der Waals surface area contributed by atoms with E-state index in [0.717, 1.165) is 5.69 Å². The minimum absolute atomic E-state index is 0.0606. The van der Waals surface area contributed by atoms with Crippen molar-refractivity contribution in [1.82, 2.24) is 9.62 Å². The summed E-state index contributed by atoms with van der Waals surface area (Å²) >= 11 is 0. The average Bonchev–Trinajstić information content (AvgIpc) is 2.72. The summed E-state index contributed by atoms with van der Waals surface area (Å²) in [5, 5.41) is 0. The molecular formula is C21H26FN3O4S. The van der Waals surface area contributed by atoms with Crippen molar-refractivity contribution >= 4 is 21.6 Å². The summed E-state index contributed by atoms with van der Waals surface area (Å²) in [5.41, 5.74) is 1.19. The predicted octanol–water partition coefficient (Wildman–Crippen LogP) is 2.48. The van der Waals surface area contributed by atoms with Gasteiger partial charge >= 0.3 is 0 Å². The Hall–Kier alpha value is -2.65. The lowest BCUT2D eigenvalue weighted by Gasteiger charge is -2.36. The number of benzene rings is 2. The summed E-state index contributed by atoms with van der Waals surface area (Å²) in [4.78, 5) is 16.7. The van der Waals surface area contributed by atoms with Gasteiger partial charge in [-0.3, -0.25) is 4.79 Å². The number of hydrogen-bond donors (Lipinski definition) is 1. The van der Waals surface area contributed by atoms with E-state index in [2.05, 4.69) is 9.62 Å². The van der Waals surface area contributed by atoms with Gasteiger partial charge in [-0.05, 0) is 56.3 Å². The highest BCUT2D eigenvalue weighted by molar-refractivity contribution is 7.89. The Morgan fingerprint density at radius 1 is 1.07 bits per heavy atom. The highest BCUT2D eigenvalue weighted by Crippen LogP contribution is 2.26. The standard InChI is InChI=1S/C21H26FN3O4S/c1-15(2)23-30(27,28)20-14-16(4-9-19(20)29-3)21(26)25-12-10-24(11-13-25)18-7-5-17(22)6-8-18/h4-9,14-15,23H,10-13H2,1-3H3. The van der Waals surface area contributed by atoms with Crippen LogP contribution in [-0.4, -0.2) is 58.6 Å². The fourth-order valence-corrected chi connectivity index (χ4v) is 4.84. The van der Waals surface area contributed by atoms with Gasteiger partial charge in [0.2, 0.25) is 10.0 Å². The highest BCUT2D eigenvalue weighted by atomic mass is 32.2. The van der Waals surface area contributed by atoms with E-state index in [4.69, 9.17) is 4.74 Å². The van der Waals surface area contributed by atoms with E-state index in [1.807, 2.05) is 0 Å². The van der Waals surface area contributed by atoms with Gasteiger partial charge in [0.15, 0.2) is 0 Å². The molecule has 0 aliphatic carbocycles. The first-order valence-electron chi connectivity index (χ1n) is 9.71. The quantitative estimate of drug-likeness (QED) is 0.754. The van der Waals surface area contributed by atoms with Crippen LogP contribution in [0, 0.1) is 5.82 Å². The Bertz CT molecular complexity index is 1000. The van der Waals surface area contributed by atoms with Crippen molar-refractivity contribution < 1.29 is 22.3 Å². The number of piperazine rings is 1. The van der Waals surface area contributed by atoms with Gasteiger partial charge in [-0.2, -0.15) is 0 Å². The lowest BCUT2D eigenvalue weighted by atomic mass is 10.1. The van der Waals surface area contributed by atoms with Crippen molar-refractivity contribution in [3.05, 3.63) is 53.8 Å². The molecular weight excluding hydrogens is 409 g/mol. The van der Waals surface area contributed by atoms with E-state index in [-0.39, 0.29) is 34.0 Å². The van der Waals surface area contributed by atoms with E-state index in [1.165, 1.54) is 31.4 Å². The van der Waals surface area contributed by atoms with Crippen LogP contribution in [0.15, 0.2) is 47.4 Å². The van der Waals surface area contributed by atoms with E-state index in [1.54, 1.807) is 36.9 Å². The normalized spacial score (nSPS) is 14.8. The zero-order valence-corrected chi connectivity index (χ0v) is 18.1. The van der Waals surface area contributed by atoms with Crippen molar-refractivity contribution in [2.75, 3.05) is 38.2 Å². The Morgan fingerprint density at radius 2 is 1.70 bits per heavy atom. The molecule has 162 valence electrons. The number of nitrogens with zero attached hydrogens (tertiary/aromatic N) is 2. The number of anilines is 1. The predicted molar refractivity (Wildman–Crippen MR) is 113 cm³/mol. The number of sulfonamides is 1. The van der Waals surface area contributed by atoms with Gasteiger partial charge in [0.05, 0.1) is 7.11 Å². The molecule has 1 aliphatic heterocycles. The molecule has 0 radical (unpaired) electrons. The van der Waals surface area contributed by atoms with Gasteiger partial charge in [0, 0.05) is 43.5 Å². The van der Waals surface area contributed by atoms with Crippen molar-refractivity contribution in [2.45, 2.75) is 24.8 Å². The van der Waals surface area contributed by atoms with Crippen LogP contribution in [0.2, 0.25) is 0 Å². The van der Waals surface area contributed by atoms with Crippen LogP contribution in [0.4, 0.5) is 10.1 Å². The van der Waals surface area contributed by atoms with Crippen molar-refractivity contribution in [2.24, 2.45) is 0 Å². The SMILES string of the molecule is COc1ccc(C(=O)N2CCN(c3ccc(F)cc3)CC2)cc1S(=O)(=O)NC(C)C. The average molecular weight is 436 g/mol. The Morgan fingerprint density at radius 3 is 2.27 bits per heavy atom. The smallest absolute Gasteiger partial charge is 0.254 e. The van der Waals surface area contributed by atoms with E-state index in [0.29, 0.717) is 26.2 Å². The minimum atomic E-state index is -3.82. The second-order valence-corrected chi connectivity index (χ2v) is 9.08. The first-order valence-corrected chi connectivity index (χ1v) is 11.2. The molecule has 9 heteroatoms. The molecule has 1 heterocycles. The fraction of sp³-hybridized carbons (Fsp3) is 0.381. The maximum Gasteiger partial charge on any atom is 0.254 e. The maximum absolute atomic E-state index is 13.1. The summed E-state index contributed by atoms with van der Waals surface area (Å²) in [5.74, 6) is -0.344. The van der Waals surface area contributed by atoms with Gasteiger partial charge in [-0.1, -0.05) is 0 Å². The number of carbonyl (C=O) groups is 1. The van der Waals surface area contributed by atoms with Crippen molar-refractivity contribution in [3.63, 3.8) is 0 Å². The van der Waals surface area contributed by atoms with Gasteiger partial charge in [0.1, 0.15) is 16.5 Å². The third kappa shape index (κ3) is 4.91. The molecule has 3 rings (SSSR count). The molecule has 0 spiro atoms. The molecule has 7 nitrogen and oxygen atoms in total. The van der Waals surface area contributed by atoms with Crippen LogP contribution in [0.1, 0.15) is 24.2 Å². The molecule has 1 fully saturated rings. The third-order valence-electron chi connectivity index (χ3n) is 4.85. The minimum Gasteiger partial charge on any atom is -0.495 e. The number of hydrogen-bond acceptors (Lipinski definition) is 5. The molecule has 1 saturated heterocycles. The molecule has 1 amide bonds. The first-order chi connectivity index (χ1) is 14.2. The fourth-order valence-electron chi connectivity index (χ4n) is 3.40. The third-order valence-corrected chi connectivity index (χ3v) is 6.53. The molecule has 1 N–H and O–H groups in total. The molecule has 2 aromatic rings. The van der Waals surface area contributed by atoms with Crippen LogP contribution < -0.4 is 14.4 Å². The summed E-state index contributed by atoms with van der Waals surface area (Å²) in [6.45, 7) is 5.61.